The second kappa shape index (κ2) is 8.31. The molecule has 0 aliphatic carbocycles. The molecule has 0 radical (unpaired) electrons. The quantitative estimate of drug-likeness (QED) is 0.469. The number of hydrogen-bond donors (Lipinski definition) is 2. The molecule has 1 heterocycles. The van der Waals surface area contributed by atoms with Crippen LogP contribution in [0.4, 0.5) is 5.69 Å². The number of esters is 1. The number of ether oxygens (including phenoxy) is 2. The van der Waals surface area contributed by atoms with Gasteiger partial charge in [-0.05, 0) is 36.4 Å². The number of hydrogen-bond acceptors (Lipinski definition) is 4. The van der Waals surface area contributed by atoms with Crippen molar-refractivity contribution in [2.24, 2.45) is 0 Å². The minimum atomic E-state index is -0.592. The van der Waals surface area contributed by atoms with Crippen molar-refractivity contribution in [2.75, 3.05) is 11.9 Å². The Morgan fingerprint density at radius 2 is 1.59 bits per heavy atom. The topological polar surface area (TPSA) is 80.4 Å². The average molecular weight is 386 g/mol. The third-order valence-corrected chi connectivity index (χ3v) is 4.22. The molecule has 6 heteroatoms. The fourth-order valence-electron chi connectivity index (χ4n) is 2.85. The van der Waals surface area contributed by atoms with Crippen LogP contribution in [0.2, 0.25) is 0 Å². The third kappa shape index (κ3) is 4.44. The number of rotatable bonds is 6. The fraction of sp³-hybridized carbons (Fsp3) is 0.0435. The molecule has 2 N–H and O–H groups in total. The molecule has 0 saturated heterocycles. The lowest BCUT2D eigenvalue weighted by Crippen LogP contribution is -2.21. The van der Waals surface area contributed by atoms with Gasteiger partial charge in [-0.2, -0.15) is 0 Å². The summed E-state index contributed by atoms with van der Waals surface area (Å²) >= 11 is 0. The molecule has 4 aromatic rings. The number of para-hydroxylation sites is 4. The summed E-state index contributed by atoms with van der Waals surface area (Å²) in [6, 6.07) is 25.5. The van der Waals surface area contributed by atoms with Gasteiger partial charge in [0.05, 0.1) is 5.69 Å². The molecule has 0 saturated carbocycles. The standard InChI is InChI=1S/C23H18N2O4/c26-22(15-28-23(27)20-14-16-8-4-5-11-18(16)24-20)25-19-12-6-7-13-21(19)29-17-9-2-1-3-10-17/h1-14,24H,15H2,(H,25,26). The van der Waals surface area contributed by atoms with Crippen molar-refractivity contribution in [3.8, 4) is 11.5 Å². The fourth-order valence-corrected chi connectivity index (χ4v) is 2.85. The van der Waals surface area contributed by atoms with Gasteiger partial charge in [-0.25, -0.2) is 4.79 Å². The van der Waals surface area contributed by atoms with Gasteiger partial charge in [0.2, 0.25) is 0 Å². The Labute approximate surface area is 167 Å². The molecule has 0 spiro atoms. The minimum absolute atomic E-state index is 0.298. The summed E-state index contributed by atoms with van der Waals surface area (Å²) in [7, 11) is 0. The smallest absolute Gasteiger partial charge is 0.355 e. The Hall–Kier alpha value is -4.06. The molecule has 1 amide bonds. The van der Waals surface area contributed by atoms with E-state index in [9.17, 15) is 9.59 Å². The summed E-state index contributed by atoms with van der Waals surface area (Å²) in [4.78, 5) is 27.5. The molecule has 144 valence electrons. The molecule has 4 rings (SSSR count). The second-order valence-electron chi connectivity index (χ2n) is 6.31. The number of fused-ring (bicyclic) bond motifs is 1. The molecule has 6 nitrogen and oxygen atoms in total. The molecule has 1 aromatic heterocycles. The van der Waals surface area contributed by atoms with E-state index in [-0.39, 0.29) is 0 Å². The molecular formula is C23H18N2O4. The maximum Gasteiger partial charge on any atom is 0.355 e. The number of amides is 1. The summed E-state index contributed by atoms with van der Waals surface area (Å²) in [5.74, 6) is 0.0946. The zero-order valence-electron chi connectivity index (χ0n) is 15.4. The van der Waals surface area contributed by atoms with E-state index < -0.39 is 18.5 Å². The lowest BCUT2D eigenvalue weighted by molar-refractivity contribution is -0.119. The van der Waals surface area contributed by atoms with Crippen LogP contribution in [0.1, 0.15) is 10.5 Å². The van der Waals surface area contributed by atoms with E-state index in [0.717, 1.165) is 10.9 Å². The van der Waals surface area contributed by atoms with Crippen LogP contribution in [-0.4, -0.2) is 23.5 Å². The van der Waals surface area contributed by atoms with Crippen molar-refractivity contribution in [1.82, 2.24) is 4.98 Å². The predicted molar refractivity (Wildman–Crippen MR) is 110 cm³/mol. The van der Waals surface area contributed by atoms with Crippen LogP contribution in [0.3, 0.4) is 0 Å². The van der Waals surface area contributed by atoms with Gasteiger partial charge in [0, 0.05) is 10.9 Å². The first kappa shape index (κ1) is 18.3. The molecule has 0 aliphatic rings. The number of anilines is 1. The number of aromatic amines is 1. The van der Waals surface area contributed by atoms with Crippen LogP contribution in [0.5, 0.6) is 11.5 Å². The summed E-state index contributed by atoms with van der Waals surface area (Å²) in [5, 5.41) is 3.61. The summed E-state index contributed by atoms with van der Waals surface area (Å²) in [6.45, 7) is -0.409. The first-order valence-electron chi connectivity index (χ1n) is 9.06. The number of aromatic nitrogens is 1. The van der Waals surface area contributed by atoms with Gasteiger partial charge in [-0.3, -0.25) is 4.79 Å². The van der Waals surface area contributed by atoms with Gasteiger partial charge in [-0.1, -0.05) is 48.5 Å². The van der Waals surface area contributed by atoms with E-state index in [4.69, 9.17) is 9.47 Å². The molecule has 0 bridgehead atoms. The highest BCUT2D eigenvalue weighted by atomic mass is 16.5. The molecule has 0 unspecified atom stereocenters. The number of carbonyl (C=O) groups excluding carboxylic acids is 2. The zero-order valence-corrected chi connectivity index (χ0v) is 15.4. The van der Waals surface area contributed by atoms with Crippen molar-refractivity contribution in [3.63, 3.8) is 0 Å². The minimum Gasteiger partial charge on any atom is -0.455 e. The zero-order chi connectivity index (χ0) is 20.1. The highest BCUT2D eigenvalue weighted by Gasteiger charge is 2.14. The summed E-state index contributed by atoms with van der Waals surface area (Å²) < 4.78 is 10.9. The van der Waals surface area contributed by atoms with Crippen molar-refractivity contribution >= 4 is 28.5 Å². The van der Waals surface area contributed by atoms with E-state index in [0.29, 0.717) is 22.9 Å². The van der Waals surface area contributed by atoms with E-state index in [1.807, 2.05) is 60.7 Å². The Morgan fingerprint density at radius 3 is 2.41 bits per heavy atom. The maximum atomic E-state index is 12.3. The largest absolute Gasteiger partial charge is 0.455 e. The molecule has 0 atom stereocenters. The second-order valence-corrected chi connectivity index (χ2v) is 6.31. The van der Waals surface area contributed by atoms with Gasteiger partial charge in [0.1, 0.15) is 11.4 Å². The number of H-pyrrole nitrogens is 1. The molecular weight excluding hydrogens is 368 g/mol. The average Bonchev–Trinajstić information content (AvgIpc) is 3.19. The monoisotopic (exact) mass is 386 g/mol. The lowest BCUT2D eigenvalue weighted by Gasteiger charge is -2.12. The van der Waals surface area contributed by atoms with Crippen molar-refractivity contribution in [2.45, 2.75) is 0 Å². The normalized spacial score (nSPS) is 10.5. The van der Waals surface area contributed by atoms with Gasteiger partial charge < -0.3 is 19.8 Å². The third-order valence-electron chi connectivity index (χ3n) is 4.22. The van der Waals surface area contributed by atoms with Crippen molar-refractivity contribution in [1.29, 1.82) is 0 Å². The number of carbonyl (C=O) groups is 2. The lowest BCUT2D eigenvalue weighted by atomic mass is 10.2. The highest BCUT2D eigenvalue weighted by Crippen LogP contribution is 2.29. The van der Waals surface area contributed by atoms with Crippen LogP contribution in [0.15, 0.2) is 84.9 Å². The maximum absolute atomic E-state index is 12.3. The summed E-state index contributed by atoms with van der Waals surface area (Å²) in [6.07, 6.45) is 0. The Bertz CT molecular complexity index is 1120. The SMILES string of the molecule is O=C(COC(=O)c1cc2ccccc2[nH]1)Nc1ccccc1Oc1ccccc1. The predicted octanol–water partition coefficient (Wildman–Crippen LogP) is 4.76. The van der Waals surface area contributed by atoms with E-state index in [1.165, 1.54) is 0 Å². The molecule has 0 aliphatic heterocycles. The number of benzene rings is 3. The Kier molecular flexibility index (Phi) is 5.25. The van der Waals surface area contributed by atoms with Crippen LogP contribution in [0.25, 0.3) is 10.9 Å². The van der Waals surface area contributed by atoms with Crippen LogP contribution in [0, 0.1) is 0 Å². The summed E-state index contributed by atoms with van der Waals surface area (Å²) in [5.41, 5.74) is 1.62. The molecule has 29 heavy (non-hydrogen) atoms. The van der Waals surface area contributed by atoms with Gasteiger partial charge >= 0.3 is 5.97 Å². The van der Waals surface area contributed by atoms with Gasteiger partial charge in [0.15, 0.2) is 12.4 Å². The first-order chi connectivity index (χ1) is 14.2. The van der Waals surface area contributed by atoms with E-state index in [1.54, 1.807) is 24.3 Å². The van der Waals surface area contributed by atoms with E-state index in [2.05, 4.69) is 10.3 Å². The van der Waals surface area contributed by atoms with Gasteiger partial charge in [0.25, 0.3) is 5.91 Å². The number of nitrogens with one attached hydrogen (secondary N) is 2. The van der Waals surface area contributed by atoms with Crippen LogP contribution < -0.4 is 10.1 Å². The Balaban J connectivity index is 1.38. The van der Waals surface area contributed by atoms with Gasteiger partial charge in [-0.15, -0.1) is 0 Å². The Morgan fingerprint density at radius 1 is 0.862 bits per heavy atom. The van der Waals surface area contributed by atoms with Crippen molar-refractivity contribution < 1.29 is 19.1 Å². The highest BCUT2D eigenvalue weighted by molar-refractivity contribution is 5.98. The van der Waals surface area contributed by atoms with Crippen LogP contribution in [-0.2, 0) is 9.53 Å². The molecule has 3 aromatic carbocycles. The van der Waals surface area contributed by atoms with Crippen LogP contribution >= 0.6 is 0 Å². The molecule has 0 fully saturated rings. The first-order valence-corrected chi connectivity index (χ1v) is 9.06. The van der Waals surface area contributed by atoms with E-state index >= 15 is 0 Å². The van der Waals surface area contributed by atoms with Crippen molar-refractivity contribution in [3.05, 3.63) is 90.6 Å².